The zero-order valence-corrected chi connectivity index (χ0v) is 11.4. The molecule has 0 saturated carbocycles. The molecule has 4 heterocycles. The molecule has 1 N–H and O–H groups in total. The van der Waals surface area contributed by atoms with Crippen LogP contribution in [0.3, 0.4) is 0 Å². The van der Waals surface area contributed by atoms with Crippen LogP contribution in [0.4, 0.5) is 0 Å². The lowest BCUT2D eigenvalue weighted by atomic mass is 10.0. The van der Waals surface area contributed by atoms with Crippen LogP contribution >= 0.6 is 0 Å². The van der Waals surface area contributed by atoms with Gasteiger partial charge >= 0.3 is 0 Å². The van der Waals surface area contributed by atoms with E-state index in [1.807, 2.05) is 36.0 Å². The fraction of sp³-hybridized carbons (Fsp3) is 0.0625. The highest BCUT2D eigenvalue weighted by atomic mass is 16.1. The maximum absolute atomic E-state index is 11.9. The Hall–Kier alpha value is -2.95. The van der Waals surface area contributed by atoms with Crippen LogP contribution < -0.4 is 5.56 Å². The van der Waals surface area contributed by atoms with Crippen molar-refractivity contribution < 1.29 is 0 Å². The Morgan fingerprint density at radius 2 is 1.86 bits per heavy atom. The van der Waals surface area contributed by atoms with Crippen molar-refractivity contribution in [2.24, 2.45) is 7.05 Å². The molecule has 0 atom stereocenters. The van der Waals surface area contributed by atoms with Crippen molar-refractivity contribution in [3.05, 3.63) is 59.4 Å². The van der Waals surface area contributed by atoms with Crippen molar-refractivity contribution in [1.29, 1.82) is 0 Å². The first kappa shape index (κ1) is 11.8. The molecule has 0 aliphatic heterocycles. The lowest BCUT2D eigenvalue weighted by molar-refractivity contribution is 0.948. The van der Waals surface area contributed by atoms with Crippen LogP contribution in [-0.2, 0) is 7.05 Å². The molecule has 0 saturated heterocycles. The van der Waals surface area contributed by atoms with E-state index < -0.39 is 0 Å². The van der Waals surface area contributed by atoms with Gasteiger partial charge in [-0.05, 0) is 24.3 Å². The summed E-state index contributed by atoms with van der Waals surface area (Å²) in [6, 6.07) is 7.58. The summed E-state index contributed by atoms with van der Waals surface area (Å²) in [6.45, 7) is 0. The molecule has 0 amide bonds. The van der Waals surface area contributed by atoms with Gasteiger partial charge in [0.1, 0.15) is 5.65 Å². The van der Waals surface area contributed by atoms with E-state index in [0.29, 0.717) is 5.39 Å². The van der Waals surface area contributed by atoms with E-state index in [1.54, 1.807) is 24.7 Å². The average molecular weight is 276 g/mol. The third-order valence-corrected chi connectivity index (χ3v) is 3.72. The number of rotatable bonds is 1. The van der Waals surface area contributed by atoms with Gasteiger partial charge in [0.2, 0.25) is 0 Å². The van der Waals surface area contributed by atoms with E-state index >= 15 is 0 Å². The summed E-state index contributed by atoms with van der Waals surface area (Å²) in [5.74, 6) is 0. The van der Waals surface area contributed by atoms with Gasteiger partial charge in [-0.25, -0.2) is 4.98 Å². The van der Waals surface area contributed by atoms with E-state index in [4.69, 9.17) is 0 Å². The summed E-state index contributed by atoms with van der Waals surface area (Å²) in [4.78, 5) is 23.5. The number of pyridine rings is 3. The highest BCUT2D eigenvalue weighted by Crippen LogP contribution is 2.30. The van der Waals surface area contributed by atoms with Crippen LogP contribution in [0.2, 0.25) is 0 Å². The van der Waals surface area contributed by atoms with Crippen LogP contribution in [0.5, 0.6) is 0 Å². The van der Waals surface area contributed by atoms with Gasteiger partial charge in [-0.3, -0.25) is 9.78 Å². The third kappa shape index (κ3) is 1.67. The monoisotopic (exact) mass is 276 g/mol. The number of hydrogen-bond acceptors (Lipinski definition) is 3. The fourth-order valence-corrected chi connectivity index (χ4v) is 2.70. The van der Waals surface area contributed by atoms with E-state index in [1.165, 1.54) is 0 Å². The van der Waals surface area contributed by atoms with Crippen LogP contribution in [-0.4, -0.2) is 19.5 Å². The van der Waals surface area contributed by atoms with E-state index in [-0.39, 0.29) is 5.56 Å². The molecule has 4 aromatic heterocycles. The number of aryl methyl sites for hydroxylation is 1. The summed E-state index contributed by atoms with van der Waals surface area (Å²) in [5, 5.41) is 2.52. The SMILES string of the molecule is Cn1ccc2c(-c3nccc4c(=O)[nH]ccc34)ccnc21. The summed E-state index contributed by atoms with van der Waals surface area (Å²) >= 11 is 0. The standard InChI is InChI=1S/C16H12N4O/c1-20-9-5-12-10(2-7-18-15(12)20)14-11-3-8-19-16(21)13(11)4-6-17-14/h2-9H,1H3,(H,19,21). The third-order valence-electron chi connectivity index (χ3n) is 3.72. The number of nitrogens with one attached hydrogen (secondary N) is 1. The molecular weight excluding hydrogens is 264 g/mol. The predicted molar refractivity (Wildman–Crippen MR) is 82.1 cm³/mol. The second-order valence-corrected chi connectivity index (χ2v) is 4.95. The zero-order valence-electron chi connectivity index (χ0n) is 11.4. The predicted octanol–water partition coefficient (Wildman–Crippen LogP) is 2.48. The van der Waals surface area contributed by atoms with Crippen LogP contribution in [0, 0.1) is 0 Å². The molecule has 0 aliphatic rings. The van der Waals surface area contributed by atoms with Gasteiger partial charge in [-0.2, -0.15) is 0 Å². The van der Waals surface area contributed by atoms with Crippen molar-refractivity contribution in [2.75, 3.05) is 0 Å². The smallest absolute Gasteiger partial charge is 0.255 e. The minimum Gasteiger partial charge on any atom is -0.336 e. The Balaban J connectivity index is 2.14. The minimum atomic E-state index is -0.102. The van der Waals surface area contributed by atoms with Crippen molar-refractivity contribution in [1.82, 2.24) is 19.5 Å². The highest BCUT2D eigenvalue weighted by molar-refractivity contribution is 6.01. The molecule has 0 bridgehead atoms. The highest BCUT2D eigenvalue weighted by Gasteiger charge is 2.12. The first-order valence-electron chi connectivity index (χ1n) is 6.62. The van der Waals surface area contributed by atoms with Gasteiger partial charge in [0.15, 0.2) is 0 Å². The summed E-state index contributed by atoms with van der Waals surface area (Å²) in [6.07, 6.45) is 7.06. The molecule has 0 fully saturated rings. The molecule has 4 aromatic rings. The zero-order chi connectivity index (χ0) is 14.4. The Bertz CT molecular complexity index is 1030. The Kier molecular flexibility index (Phi) is 2.41. The lowest BCUT2D eigenvalue weighted by Crippen LogP contribution is -2.05. The maximum Gasteiger partial charge on any atom is 0.255 e. The molecule has 0 spiro atoms. The molecule has 4 rings (SSSR count). The second kappa shape index (κ2) is 4.28. The quantitative estimate of drug-likeness (QED) is 0.581. The van der Waals surface area contributed by atoms with Crippen molar-refractivity contribution in [3.63, 3.8) is 0 Å². The molecule has 0 unspecified atom stereocenters. The number of aromatic amines is 1. The number of hydrogen-bond donors (Lipinski definition) is 1. The number of nitrogens with zero attached hydrogens (tertiary/aromatic N) is 3. The van der Waals surface area contributed by atoms with E-state index in [0.717, 1.165) is 27.7 Å². The fourth-order valence-electron chi connectivity index (χ4n) is 2.70. The van der Waals surface area contributed by atoms with Gasteiger partial charge in [0.25, 0.3) is 5.56 Å². The molecule has 0 radical (unpaired) electrons. The minimum absolute atomic E-state index is 0.102. The summed E-state index contributed by atoms with van der Waals surface area (Å²) in [5.41, 5.74) is 2.58. The second-order valence-electron chi connectivity index (χ2n) is 4.95. The van der Waals surface area contributed by atoms with Crippen molar-refractivity contribution in [2.45, 2.75) is 0 Å². The molecule has 102 valence electrons. The largest absolute Gasteiger partial charge is 0.336 e. The molecule has 0 aromatic carbocycles. The van der Waals surface area contributed by atoms with Gasteiger partial charge in [0, 0.05) is 48.2 Å². The molecule has 0 aliphatic carbocycles. The topological polar surface area (TPSA) is 63.6 Å². The van der Waals surface area contributed by atoms with Gasteiger partial charge in [-0.1, -0.05) is 0 Å². The van der Waals surface area contributed by atoms with E-state index in [2.05, 4.69) is 15.0 Å². The Labute approximate surface area is 119 Å². The normalized spacial score (nSPS) is 11.3. The Morgan fingerprint density at radius 3 is 2.76 bits per heavy atom. The molecule has 21 heavy (non-hydrogen) atoms. The Morgan fingerprint density at radius 1 is 1.00 bits per heavy atom. The summed E-state index contributed by atoms with van der Waals surface area (Å²) < 4.78 is 1.97. The van der Waals surface area contributed by atoms with Crippen LogP contribution in [0.25, 0.3) is 33.1 Å². The van der Waals surface area contributed by atoms with Gasteiger partial charge in [0.05, 0.1) is 11.1 Å². The molecule has 5 heteroatoms. The molecular formula is C16H12N4O. The number of aromatic nitrogens is 4. The maximum atomic E-state index is 11.9. The number of fused-ring (bicyclic) bond motifs is 2. The van der Waals surface area contributed by atoms with Crippen LogP contribution in [0.15, 0.2) is 53.8 Å². The first-order chi connectivity index (χ1) is 10.3. The number of H-pyrrole nitrogens is 1. The van der Waals surface area contributed by atoms with Gasteiger partial charge in [-0.15, -0.1) is 0 Å². The van der Waals surface area contributed by atoms with Crippen molar-refractivity contribution in [3.8, 4) is 11.3 Å². The van der Waals surface area contributed by atoms with Crippen molar-refractivity contribution >= 4 is 21.8 Å². The van der Waals surface area contributed by atoms with Gasteiger partial charge < -0.3 is 9.55 Å². The average Bonchev–Trinajstić information content (AvgIpc) is 2.89. The lowest BCUT2D eigenvalue weighted by Gasteiger charge is -2.06. The first-order valence-corrected chi connectivity index (χ1v) is 6.62. The summed E-state index contributed by atoms with van der Waals surface area (Å²) in [7, 11) is 1.96. The van der Waals surface area contributed by atoms with Crippen LogP contribution in [0.1, 0.15) is 0 Å². The van der Waals surface area contributed by atoms with E-state index in [9.17, 15) is 4.79 Å². The molecule has 5 nitrogen and oxygen atoms in total.